The van der Waals surface area contributed by atoms with Gasteiger partial charge in [0, 0.05) is 24.6 Å². The minimum Gasteiger partial charge on any atom is -0.481 e. The lowest BCUT2D eigenvalue weighted by atomic mass is 10.1. The zero-order valence-corrected chi connectivity index (χ0v) is 18.5. The van der Waals surface area contributed by atoms with Gasteiger partial charge in [0.1, 0.15) is 28.0 Å². The zero-order valence-electron chi connectivity index (χ0n) is 15.4. The summed E-state index contributed by atoms with van der Waals surface area (Å²) in [6.07, 6.45) is 1.51. The van der Waals surface area contributed by atoms with Crippen LogP contribution in [0.2, 0.25) is 10.0 Å². The Labute approximate surface area is 191 Å². The number of halogens is 2. The number of furan rings is 1. The summed E-state index contributed by atoms with van der Waals surface area (Å²) in [6, 6.07) is 8.64. The van der Waals surface area contributed by atoms with Gasteiger partial charge < -0.3 is 9.52 Å². The van der Waals surface area contributed by atoms with Crippen molar-refractivity contribution in [2.24, 2.45) is 0 Å². The molecule has 6 nitrogen and oxygen atoms in total. The molecule has 3 rings (SSSR count). The smallest absolute Gasteiger partial charge is 0.310 e. The van der Waals surface area contributed by atoms with Gasteiger partial charge in [0.05, 0.1) is 15.0 Å². The first kappa shape index (κ1) is 22.6. The largest absolute Gasteiger partial charge is 0.481 e. The maximum atomic E-state index is 12.6. The number of carboxylic acid groups (broad SMARTS) is 1. The number of hydrogen-bond donors (Lipinski definition) is 1. The first-order chi connectivity index (χ1) is 14.2. The van der Waals surface area contributed by atoms with Crippen LogP contribution in [0, 0.1) is 0 Å². The Bertz CT molecular complexity index is 1060. The van der Waals surface area contributed by atoms with Gasteiger partial charge in [-0.25, -0.2) is 0 Å². The van der Waals surface area contributed by atoms with Gasteiger partial charge >= 0.3 is 5.97 Å². The van der Waals surface area contributed by atoms with E-state index in [2.05, 4.69) is 0 Å². The van der Waals surface area contributed by atoms with Crippen molar-refractivity contribution in [1.82, 2.24) is 4.90 Å². The summed E-state index contributed by atoms with van der Waals surface area (Å²) in [5.41, 5.74) is 0.752. The summed E-state index contributed by atoms with van der Waals surface area (Å²) in [5, 5.41) is 9.47. The van der Waals surface area contributed by atoms with Gasteiger partial charge in [-0.3, -0.25) is 19.3 Å². The van der Waals surface area contributed by atoms with Crippen LogP contribution in [0.5, 0.6) is 0 Å². The lowest BCUT2D eigenvalue weighted by Gasteiger charge is -2.13. The van der Waals surface area contributed by atoms with Crippen molar-refractivity contribution in [1.29, 1.82) is 0 Å². The van der Waals surface area contributed by atoms with Crippen LogP contribution in [0.25, 0.3) is 17.4 Å². The van der Waals surface area contributed by atoms with Crippen molar-refractivity contribution in [3.05, 3.63) is 51.0 Å². The molecule has 1 fully saturated rings. The highest BCUT2D eigenvalue weighted by Gasteiger charge is 2.32. The van der Waals surface area contributed by atoms with Crippen molar-refractivity contribution in [2.75, 3.05) is 6.54 Å². The van der Waals surface area contributed by atoms with Gasteiger partial charge in [0.2, 0.25) is 0 Å². The van der Waals surface area contributed by atoms with Gasteiger partial charge in [-0.15, -0.1) is 0 Å². The number of carboxylic acids is 1. The molecule has 1 aromatic carbocycles. The second-order valence-electron chi connectivity index (χ2n) is 6.38. The molecule has 1 N–H and O–H groups in total. The first-order valence-corrected chi connectivity index (χ1v) is 10.8. The highest BCUT2D eigenvalue weighted by atomic mass is 35.5. The van der Waals surface area contributed by atoms with Crippen molar-refractivity contribution < 1.29 is 23.9 Å². The molecule has 0 aliphatic carbocycles. The molecule has 0 spiro atoms. The fourth-order valence-corrected chi connectivity index (χ4v) is 4.34. The topological polar surface area (TPSA) is 87.8 Å². The predicted molar refractivity (Wildman–Crippen MR) is 121 cm³/mol. The van der Waals surface area contributed by atoms with Gasteiger partial charge in [0.15, 0.2) is 0 Å². The van der Waals surface area contributed by atoms with Crippen LogP contribution < -0.4 is 0 Å². The standard InChI is InChI=1S/C20H15Cl2NO5S2/c21-14-5-3-11(8-15(14)22)16-6-4-13(28-16)10-17-19(27)23(20(29)30-17)7-1-2-12(24)9-18(25)26/h3-6,8,10H,1-2,7,9H2,(H,25,26)/b17-10-. The normalized spacial score (nSPS) is 15.3. The van der Waals surface area contributed by atoms with E-state index in [0.29, 0.717) is 37.2 Å². The number of thiocarbonyl (C=S) groups is 1. The molecule has 0 radical (unpaired) electrons. The highest BCUT2D eigenvalue weighted by molar-refractivity contribution is 8.26. The minimum absolute atomic E-state index is 0.0770. The maximum absolute atomic E-state index is 12.6. The van der Waals surface area contributed by atoms with Crippen LogP contribution in [0.4, 0.5) is 0 Å². The van der Waals surface area contributed by atoms with Gasteiger partial charge in [-0.1, -0.05) is 47.2 Å². The Morgan fingerprint density at radius 2 is 1.97 bits per heavy atom. The van der Waals surface area contributed by atoms with Crippen LogP contribution in [0.1, 0.15) is 25.0 Å². The van der Waals surface area contributed by atoms with Crippen molar-refractivity contribution in [2.45, 2.75) is 19.3 Å². The van der Waals surface area contributed by atoms with E-state index < -0.39 is 12.4 Å². The monoisotopic (exact) mass is 483 g/mol. The molecule has 1 amide bonds. The predicted octanol–water partition coefficient (Wildman–Crippen LogP) is 5.28. The summed E-state index contributed by atoms with van der Waals surface area (Å²) in [5.74, 6) is -0.759. The summed E-state index contributed by atoms with van der Waals surface area (Å²) in [7, 11) is 0. The third kappa shape index (κ3) is 5.51. The third-order valence-corrected chi connectivity index (χ3v) is 6.28. The van der Waals surface area contributed by atoms with Crippen molar-refractivity contribution in [3.63, 3.8) is 0 Å². The Hall–Kier alpha value is -2.13. The van der Waals surface area contributed by atoms with Crippen LogP contribution in [-0.2, 0) is 14.4 Å². The molecular formula is C20H15Cl2NO5S2. The van der Waals surface area contributed by atoms with E-state index in [-0.39, 0.29) is 24.7 Å². The highest BCUT2D eigenvalue weighted by Crippen LogP contribution is 2.34. The van der Waals surface area contributed by atoms with Crippen LogP contribution >= 0.6 is 47.2 Å². The molecule has 2 aromatic rings. The number of rotatable bonds is 8. The molecular weight excluding hydrogens is 469 g/mol. The molecule has 1 aliphatic heterocycles. The lowest BCUT2D eigenvalue weighted by molar-refractivity contribution is -0.140. The number of hydrogen-bond acceptors (Lipinski definition) is 6. The first-order valence-electron chi connectivity index (χ1n) is 8.78. The zero-order chi connectivity index (χ0) is 21.8. The molecule has 1 aromatic heterocycles. The third-order valence-electron chi connectivity index (χ3n) is 4.16. The quantitative estimate of drug-likeness (QED) is 0.310. The Kier molecular flexibility index (Phi) is 7.36. The van der Waals surface area contributed by atoms with E-state index in [9.17, 15) is 14.4 Å². The molecule has 1 saturated heterocycles. The van der Waals surface area contributed by atoms with E-state index in [4.69, 9.17) is 44.9 Å². The second-order valence-corrected chi connectivity index (χ2v) is 8.87. The Morgan fingerprint density at radius 3 is 2.67 bits per heavy atom. The fourth-order valence-electron chi connectivity index (χ4n) is 2.75. The number of amides is 1. The van der Waals surface area contributed by atoms with E-state index in [1.165, 1.54) is 4.90 Å². The SMILES string of the molecule is O=C(O)CC(=O)CCCN1C(=O)/C(=C/c2ccc(-c3ccc(Cl)c(Cl)c3)o2)SC1=S. The summed E-state index contributed by atoms with van der Waals surface area (Å²) in [4.78, 5) is 36.5. The number of carbonyl (C=O) groups excluding carboxylic acids is 2. The number of benzene rings is 1. The average molecular weight is 484 g/mol. The van der Waals surface area contributed by atoms with E-state index in [1.54, 1.807) is 36.4 Å². The molecule has 0 bridgehead atoms. The molecule has 10 heteroatoms. The molecule has 156 valence electrons. The molecule has 30 heavy (non-hydrogen) atoms. The molecule has 0 unspecified atom stereocenters. The summed E-state index contributed by atoms with van der Waals surface area (Å²) in [6.45, 7) is 0.250. The fraction of sp³-hybridized carbons (Fsp3) is 0.200. The van der Waals surface area contributed by atoms with E-state index >= 15 is 0 Å². The number of thioether (sulfide) groups is 1. The second kappa shape index (κ2) is 9.78. The van der Waals surface area contributed by atoms with Crippen molar-refractivity contribution in [3.8, 4) is 11.3 Å². The number of ketones is 1. The van der Waals surface area contributed by atoms with Crippen LogP contribution in [0.15, 0.2) is 39.7 Å². The molecule has 0 saturated carbocycles. The van der Waals surface area contributed by atoms with Gasteiger partial charge in [-0.05, 0) is 36.8 Å². The minimum atomic E-state index is -1.16. The average Bonchev–Trinajstić information content (AvgIpc) is 3.23. The van der Waals surface area contributed by atoms with Crippen LogP contribution in [0.3, 0.4) is 0 Å². The summed E-state index contributed by atoms with van der Waals surface area (Å²) < 4.78 is 6.17. The van der Waals surface area contributed by atoms with E-state index in [0.717, 1.165) is 17.3 Å². The number of nitrogens with zero attached hydrogens (tertiary/aromatic N) is 1. The Morgan fingerprint density at radius 1 is 1.20 bits per heavy atom. The van der Waals surface area contributed by atoms with Gasteiger partial charge in [0.25, 0.3) is 5.91 Å². The number of Topliss-reactive ketones (excluding diaryl/α,β-unsaturated/α-hetero) is 1. The van der Waals surface area contributed by atoms with E-state index in [1.807, 2.05) is 0 Å². The van der Waals surface area contributed by atoms with Crippen LogP contribution in [-0.4, -0.2) is 38.5 Å². The van der Waals surface area contributed by atoms with Gasteiger partial charge in [-0.2, -0.15) is 0 Å². The molecule has 1 aliphatic rings. The molecule has 0 atom stereocenters. The lowest BCUT2D eigenvalue weighted by Crippen LogP contribution is -2.29. The van der Waals surface area contributed by atoms with Crippen molar-refractivity contribution >= 4 is 75.2 Å². The Balaban J connectivity index is 1.65. The summed E-state index contributed by atoms with van der Waals surface area (Å²) >= 11 is 18.4. The maximum Gasteiger partial charge on any atom is 0.310 e. The number of aliphatic carboxylic acids is 1. The number of carbonyl (C=O) groups is 3. The molecule has 2 heterocycles.